The molecular weight excluding hydrogens is 397 g/mol. The van der Waals surface area contributed by atoms with Crippen LogP contribution >= 0.6 is 35.4 Å². The van der Waals surface area contributed by atoms with Crippen LogP contribution in [0.2, 0.25) is 10.0 Å². The van der Waals surface area contributed by atoms with E-state index < -0.39 is 6.29 Å². The SMILES string of the molecule is C=CCn1c(-c2ccc(Cl)cc2Cl)nn([C@H]2CC(=O)[C@H]3OC[C@@H]2O3)c1=S. The summed E-state index contributed by atoms with van der Waals surface area (Å²) in [5, 5.41) is 5.68. The maximum Gasteiger partial charge on any atom is 0.218 e. The topological polar surface area (TPSA) is 58.3 Å². The standard InChI is InChI=1S/C17H15Cl2N3O3S/c1-2-5-21-15(10-4-3-9(18)6-11(10)19)20-22(17(21)26)12-7-13(23)16-24-8-14(12)25-16/h2-4,6,12,14,16H,1,5,7-8H2/t12-,14-,16-/m0/s1. The Labute approximate surface area is 164 Å². The molecule has 0 amide bonds. The Kier molecular flexibility index (Phi) is 4.75. The van der Waals surface area contributed by atoms with Gasteiger partial charge in [-0.2, -0.15) is 5.10 Å². The molecule has 0 aliphatic carbocycles. The molecule has 0 unspecified atom stereocenters. The number of benzene rings is 1. The van der Waals surface area contributed by atoms with Gasteiger partial charge in [-0.3, -0.25) is 9.36 Å². The van der Waals surface area contributed by atoms with E-state index in [1.54, 1.807) is 29.0 Å². The summed E-state index contributed by atoms with van der Waals surface area (Å²) >= 11 is 18.0. The Bertz CT molecular complexity index is 955. The van der Waals surface area contributed by atoms with Gasteiger partial charge in [0.05, 0.1) is 17.7 Å². The maximum absolute atomic E-state index is 12.1. The molecule has 3 heterocycles. The molecule has 0 N–H and O–H groups in total. The van der Waals surface area contributed by atoms with Crippen molar-refractivity contribution in [3.8, 4) is 11.4 Å². The van der Waals surface area contributed by atoms with Crippen molar-refractivity contribution in [1.82, 2.24) is 14.3 Å². The van der Waals surface area contributed by atoms with E-state index in [-0.39, 0.29) is 24.3 Å². The van der Waals surface area contributed by atoms with Gasteiger partial charge in [-0.25, -0.2) is 4.68 Å². The van der Waals surface area contributed by atoms with Gasteiger partial charge in [-0.1, -0.05) is 29.3 Å². The van der Waals surface area contributed by atoms with Crippen LogP contribution in [0.1, 0.15) is 12.5 Å². The van der Waals surface area contributed by atoms with Crippen molar-refractivity contribution in [3.05, 3.63) is 45.7 Å². The van der Waals surface area contributed by atoms with Gasteiger partial charge in [-0.05, 0) is 30.4 Å². The van der Waals surface area contributed by atoms with Crippen molar-refractivity contribution >= 4 is 41.2 Å². The summed E-state index contributed by atoms with van der Waals surface area (Å²) in [6.45, 7) is 4.58. The molecule has 2 bridgehead atoms. The summed E-state index contributed by atoms with van der Waals surface area (Å²) in [6, 6.07) is 4.88. The lowest BCUT2D eigenvalue weighted by molar-refractivity contribution is -0.156. The van der Waals surface area contributed by atoms with Crippen molar-refractivity contribution in [1.29, 1.82) is 0 Å². The summed E-state index contributed by atoms with van der Waals surface area (Å²) < 4.78 is 15.0. The van der Waals surface area contributed by atoms with Gasteiger partial charge in [-0.15, -0.1) is 6.58 Å². The first-order valence-electron chi connectivity index (χ1n) is 8.05. The van der Waals surface area contributed by atoms with Gasteiger partial charge in [0, 0.05) is 23.6 Å². The second-order valence-corrected chi connectivity index (χ2v) is 7.36. The fourth-order valence-electron chi connectivity index (χ4n) is 3.26. The molecule has 2 fully saturated rings. The first-order chi connectivity index (χ1) is 12.5. The van der Waals surface area contributed by atoms with Crippen molar-refractivity contribution in [3.63, 3.8) is 0 Å². The molecule has 2 saturated heterocycles. The first kappa shape index (κ1) is 17.9. The third-order valence-corrected chi connectivity index (χ3v) is 5.45. The lowest BCUT2D eigenvalue weighted by Crippen LogP contribution is -2.37. The van der Waals surface area contributed by atoms with E-state index in [1.165, 1.54) is 0 Å². The third-order valence-electron chi connectivity index (χ3n) is 4.50. The fraction of sp³-hybridized carbons (Fsp3) is 0.353. The lowest BCUT2D eigenvalue weighted by Gasteiger charge is -2.26. The molecule has 4 rings (SSSR count). The second kappa shape index (κ2) is 6.90. The van der Waals surface area contributed by atoms with Crippen molar-refractivity contribution in [2.24, 2.45) is 0 Å². The van der Waals surface area contributed by atoms with Crippen LogP contribution in [0.3, 0.4) is 0 Å². The van der Waals surface area contributed by atoms with Crippen LogP contribution in [-0.2, 0) is 20.8 Å². The molecule has 9 heteroatoms. The highest BCUT2D eigenvalue weighted by Gasteiger charge is 2.45. The second-order valence-electron chi connectivity index (χ2n) is 6.15. The maximum atomic E-state index is 12.1. The Morgan fingerprint density at radius 1 is 1.42 bits per heavy atom. The van der Waals surface area contributed by atoms with Crippen LogP contribution in [0.25, 0.3) is 11.4 Å². The van der Waals surface area contributed by atoms with Gasteiger partial charge in [0.2, 0.25) is 6.29 Å². The molecule has 6 nitrogen and oxygen atoms in total. The molecule has 26 heavy (non-hydrogen) atoms. The number of carbonyl (C=O) groups is 1. The number of fused-ring (bicyclic) bond motifs is 2. The lowest BCUT2D eigenvalue weighted by atomic mass is 10.0. The number of hydrogen-bond donors (Lipinski definition) is 0. The number of halogens is 2. The minimum absolute atomic E-state index is 0.102. The van der Waals surface area contributed by atoms with Crippen LogP contribution in [-0.4, -0.2) is 39.1 Å². The van der Waals surface area contributed by atoms with Gasteiger partial charge >= 0.3 is 0 Å². The van der Waals surface area contributed by atoms with Crippen molar-refractivity contribution in [2.75, 3.05) is 6.61 Å². The number of aromatic nitrogens is 3. The number of rotatable bonds is 4. The van der Waals surface area contributed by atoms with Crippen LogP contribution < -0.4 is 0 Å². The molecular formula is C17H15Cl2N3O3S. The zero-order chi connectivity index (χ0) is 18.4. The van der Waals surface area contributed by atoms with E-state index in [4.69, 9.17) is 44.9 Å². The molecule has 0 saturated carbocycles. The number of ether oxygens (including phenoxy) is 2. The normalized spacial score (nSPS) is 24.8. The minimum Gasteiger partial charge on any atom is -0.343 e. The van der Waals surface area contributed by atoms with E-state index in [0.29, 0.717) is 39.4 Å². The molecule has 2 aliphatic heterocycles. The van der Waals surface area contributed by atoms with E-state index in [0.717, 1.165) is 0 Å². The van der Waals surface area contributed by atoms with Crippen molar-refractivity contribution in [2.45, 2.75) is 31.4 Å². The zero-order valence-corrected chi connectivity index (χ0v) is 15.9. The highest BCUT2D eigenvalue weighted by molar-refractivity contribution is 7.71. The zero-order valence-electron chi connectivity index (χ0n) is 13.6. The van der Waals surface area contributed by atoms with E-state index in [9.17, 15) is 4.79 Å². The largest absolute Gasteiger partial charge is 0.343 e. The number of allylic oxidation sites excluding steroid dienone is 1. The fourth-order valence-corrected chi connectivity index (χ4v) is 4.09. The Morgan fingerprint density at radius 3 is 2.96 bits per heavy atom. The summed E-state index contributed by atoms with van der Waals surface area (Å²) in [5.41, 5.74) is 0.700. The van der Waals surface area contributed by atoms with Gasteiger partial charge in [0.15, 0.2) is 16.4 Å². The number of hydrogen-bond acceptors (Lipinski definition) is 5. The van der Waals surface area contributed by atoms with Crippen LogP contribution in [0, 0.1) is 4.77 Å². The van der Waals surface area contributed by atoms with Crippen LogP contribution in [0.4, 0.5) is 0 Å². The summed E-state index contributed by atoms with van der Waals surface area (Å²) in [6.07, 6.45) is 0.977. The molecule has 3 atom stereocenters. The summed E-state index contributed by atoms with van der Waals surface area (Å²) in [5.74, 6) is 0.486. The first-order valence-corrected chi connectivity index (χ1v) is 9.21. The van der Waals surface area contributed by atoms with Gasteiger partial charge in [0.1, 0.15) is 6.10 Å². The smallest absolute Gasteiger partial charge is 0.218 e. The third kappa shape index (κ3) is 2.93. The molecule has 1 aromatic heterocycles. The average molecular weight is 412 g/mol. The number of carbonyl (C=O) groups excluding carboxylic acids is 1. The summed E-state index contributed by atoms with van der Waals surface area (Å²) in [4.78, 5) is 12.1. The van der Waals surface area contributed by atoms with Gasteiger partial charge < -0.3 is 9.47 Å². The molecule has 2 aliphatic rings. The molecule has 0 radical (unpaired) electrons. The van der Waals surface area contributed by atoms with Gasteiger partial charge in [0.25, 0.3) is 0 Å². The molecule has 1 aromatic carbocycles. The summed E-state index contributed by atoms with van der Waals surface area (Å²) in [7, 11) is 0. The molecule has 0 spiro atoms. The quantitative estimate of drug-likeness (QED) is 0.565. The van der Waals surface area contributed by atoms with Crippen molar-refractivity contribution < 1.29 is 14.3 Å². The van der Waals surface area contributed by atoms with Crippen LogP contribution in [0.5, 0.6) is 0 Å². The molecule has 136 valence electrons. The van der Waals surface area contributed by atoms with E-state index in [1.807, 2.05) is 4.57 Å². The van der Waals surface area contributed by atoms with E-state index >= 15 is 0 Å². The highest BCUT2D eigenvalue weighted by atomic mass is 35.5. The average Bonchev–Trinajstić information content (AvgIpc) is 3.16. The monoisotopic (exact) mass is 411 g/mol. The Hall–Kier alpha value is -1.51. The van der Waals surface area contributed by atoms with E-state index in [2.05, 4.69) is 11.7 Å². The molecule has 2 aromatic rings. The Morgan fingerprint density at radius 2 is 2.23 bits per heavy atom. The minimum atomic E-state index is -0.758. The van der Waals surface area contributed by atoms with Crippen LogP contribution in [0.15, 0.2) is 30.9 Å². The predicted molar refractivity (Wildman–Crippen MR) is 100.0 cm³/mol. The Balaban J connectivity index is 1.83. The number of Topliss-reactive ketones (excluding diaryl/α,β-unsaturated/α-hetero) is 1. The highest BCUT2D eigenvalue weighted by Crippen LogP contribution is 2.35. The predicted octanol–water partition coefficient (Wildman–Crippen LogP) is 3.83. The number of ketones is 1. The number of nitrogens with zero attached hydrogens (tertiary/aromatic N) is 3.